The van der Waals surface area contributed by atoms with E-state index in [-0.39, 0.29) is 29.7 Å². The van der Waals surface area contributed by atoms with Crippen molar-refractivity contribution >= 4 is 6.08 Å². The third-order valence-electron chi connectivity index (χ3n) is 6.33. The SMILES string of the molecule is Cn1c(O)c2c(c1O)C1CCCCN1C2C=Cc1ccc(-c2cccc(F)c2)cn1. The molecule has 2 unspecified atom stereocenters. The van der Waals surface area contributed by atoms with Gasteiger partial charge in [0.15, 0.2) is 11.8 Å². The highest BCUT2D eigenvalue weighted by molar-refractivity contribution is 5.64. The number of hydrogen-bond acceptors (Lipinski definition) is 4. The van der Waals surface area contributed by atoms with Crippen LogP contribution in [0.1, 0.15) is 48.2 Å². The number of fused-ring (bicyclic) bond motifs is 3. The lowest BCUT2D eigenvalue weighted by Crippen LogP contribution is -2.30. The zero-order valence-corrected chi connectivity index (χ0v) is 16.8. The fourth-order valence-electron chi connectivity index (χ4n) is 4.82. The lowest BCUT2D eigenvalue weighted by molar-refractivity contribution is 0.138. The summed E-state index contributed by atoms with van der Waals surface area (Å²) in [7, 11) is 1.68. The fourth-order valence-corrected chi connectivity index (χ4v) is 4.82. The summed E-state index contributed by atoms with van der Waals surface area (Å²) in [6, 6.07) is 10.3. The van der Waals surface area contributed by atoms with Gasteiger partial charge in [0, 0.05) is 36.0 Å². The third-order valence-corrected chi connectivity index (χ3v) is 6.33. The summed E-state index contributed by atoms with van der Waals surface area (Å²) in [5, 5.41) is 21.2. The van der Waals surface area contributed by atoms with Gasteiger partial charge in [0.05, 0.1) is 11.7 Å². The molecule has 2 aromatic heterocycles. The van der Waals surface area contributed by atoms with Gasteiger partial charge in [-0.1, -0.05) is 30.7 Å². The molecule has 30 heavy (non-hydrogen) atoms. The van der Waals surface area contributed by atoms with Gasteiger partial charge in [0.1, 0.15) is 5.82 Å². The predicted octanol–water partition coefficient (Wildman–Crippen LogP) is 4.93. The van der Waals surface area contributed by atoms with Gasteiger partial charge < -0.3 is 10.2 Å². The lowest BCUT2D eigenvalue weighted by Gasteiger charge is -2.33. The molecular formula is C24H24FN3O2. The van der Waals surface area contributed by atoms with Crippen molar-refractivity contribution in [3.63, 3.8) is 0 Å². The van der Waals surface area contributed by atoms with E-state index < -0.39 is 0 Å². The molecule has 0 saturated carbocycles. The zero-order chi connectivity index (χ0) is 20.8. The Labute approximate surface area is 174 Å². The van der Waals surface area contributed by atoms with E-state index in [9.17, 15) is 14.6 Å². The van der Waals surface area contributed by atoms with Crippen LogP contribution in [0.15, 0.2) is 48.7 Å². The van der Waals surface area contributed by atoms with Crippen LogP contribution in [-0.4, -0.2) is 31.2 Å². The lowest BCUT2D eigenvalue weighted by atomic mass is 9.99. The highest BCUT2D eigenvalue weighted by Crippen LogP contribution is 2.54. The topological polar surface area (TPSA) is 61.5 Å². The van der Waals surface area contributed by atoms with E-state index in [0.717, 1.165) is 53.8 Å². The molecule has 1 aromatic carbocycles. The minimum atomic E-state index is -0.268. The van der Waals surface area contributed by atoms with E-state index in [1.165, 1.54) is 16.7 Å². The molecule has 5 nitrogen and oxygen atoms in total. The van der Waals surface area contributed by atoms with E-state index in [0.29, 0.717) is 0 Å². The summed E-state index contributed by atoms with van der Waals surface area (Å²) >= 11 is 0. The average Bonchev–Trinajstić information content (AvgIpc) is 3.21. The molecule has 5 rings (SSSR count). The van der Waals surface area contributed by atoms with Crippen molar-refractivity contribution in [1.82, 2.24) is 14.5 Å². The fraction of sp³-hybridized carbons (Fsp3) is 0.292. The summed E-state index contributed by atoms with van der Waals surface area (Å²) < 4.78 is 14.9. The second-order valence-corrected chi connectivity index (χ2v) is 8.07. The molecular weight excluding hydrogens is 381 g/mol. The molecule has 2 aliphatic heterocycles. The summed E-state index contributed by atoms with van der Waals surface area (Å²) in [5.41, 5.74) is 4.10. The standard InChI is InChI=1S/C24H24FN3O2/c1-27-23(29)21-19-7-2-3-12-28(19)20(22(21)24(27)30)11-10-18-9-8-16(14-26-18)15-5-4-6-17(25)13-15/h4-6,8-11,13-14,19-20,29-30H,2-3,7,12H2,1H3. The molecule has 4 heterocycles. The Kier molecular flexibility index (Phi) is 4.59. The molecule has 0 amide bonds. The number of aromatic nitrogens is 2. The highest BCUT2D eigenvalue weighted by Gasteiger charge is 2.44. The van der Waals surface area contributed by atoms with Gasteiger partial charge in [-0.2, -0.15) is 0 Å². The minimum Gasteiger partial charge on any atom is -0.494 e. The van der Waals surface area contributed by atoms with Crippen LogP contribution in [-0.2, 0) is 7.05 Å². The third kappa shape index (κ3) is 2.99. The molecule has 154 valence electrons. The van der Waals surface area contributed by atoms with Crippen molar-refractivity contribution < 1.29 is 14.6 Å². The molecule has 1 saturated heterocycles. The smallest absolute Gasteiger partial charge is 0.199 e. The van der Waals surface area contributed by atoms with Gasteiger partial charge in [-0.3, -0.25) is 14.5 Å². The van der Waals surface area contributed by atoms with Gasteiger partial charge in [-0.15, -0.1) is 0 Å². The minimum absolute atomic E-state index is 0.0953. The maximum Gasteiger partial charge on any atom is 0.199 e. The molecule has 1 fully saturated rings. The van der Waals surface area contributed by atoms with E-state index in [1.807, 2.05) is 30.4 Å². The second kappa shape index (κ2) is 7.29. The van der Waals surface area contributed by atoms with Crippen molar-refractivity contribution in [3.8, 4) is 22.9 Å². The Bertz CT molecular complexity index is 1120. The first kappa shape index (κ1) is 18.9. The van der Waals surface area contributed by atoms with Crippen LogP contribution in [0.4, 0.5) is 4.39 Å². The first-order valence-corrected chi connectivity index (χ1v) is 10.3. The Hall–Kier alpha value is -3.12. The largest absolute Gasteiger partial charge is 0.494 e. The average molecular weight is 405 g/mol. The molecule has 0 radical (unpaired) electrons. The number of piperidine rings is 1. The number of hydrogen-bond donors (Lipinski definition) is 2. The van der Waals surface area contributed by atoms with Crippen LogP contribution in [0.3, 0.4) is 0 Å². The zero-order valence-electron chi connectivity index (χ0n) is 16.8. The number of aromatic hydroxyl groups is 2. The summed E-state index contributed by atoms with van der Waals surface area (Å²) in [6.07, 6.45) is 8.95. The van der Waals surface area contributed by atoms with Gasteiger partial charge in [0.2, 0.25) is 0 Å². The van der Waals surface area contributed by atoms with Crippen molar-refractivity contribution in [1.29, 1.82) is 0 Å². The Morgan fingerprint density at radius 1 is 1.07 bits per heavy atom. The van der Waals surface area contributed by atoms with E-state index in [4.69, 9.17) is 0 Å². The van der Waals surface area contributed by atoms with E-state index in [1.54, 1.807) is 19.3 Å². The van der Waals surface area contributed by atoms with Gasteiger partial charge in [-0.05, 0) is 49.2 Å². The monoisotopic (exact) mass is 405 g/mol. The highest BCUT2D eigenvalue weighted by atomic mass is 19.1. The first-order chi connectivity index (χ1) is 14.5. The molecule has 2 N–H and O–H groups in total. The van der Waals surface area contributed by atoms with Crippen molar-refractivity contribution in [2.75, 3.05) is 6.54 Å². The van der Waals surface area contributed by atoms with Crippen molar-refractivity contribution in [3.05, 3.63) is 71.3 Å². The summed E-state index contributed by atoms with van der Waals surface area (Å²) in [6.45, 7) is 0.933. The normalized spacial score (nSPS) is 21.1. The Morgan fingerprint density at radius 3 is 2.67 bits per heavy atom. The number of benzene rings is 1. The van der Waals surface area contributed by atoms with Gasteiger partial charge in [-0.25, -0.2) is 4.39 Å². The quantitative estimate of drug-likeness (QED) is 0.648. The molecule has 0 spiro atoms. The first-order valence-electron chi connectivity index (χ1n) is 10.3. The van der Waals surface area contributed by atoms with Crippen LogP contribution in [0.5, 0.6) is 11.8 Å². The van der Waals surface area contributed by atoms with Crippen molar-refractivity contribution in [2.24, 2.45) is 7.05 Å². The van der Waals surface area contributed by atoms with Gasteiger partial charge >= 0.3 is 0 Å². The van der Waals surface area contributed by atoms with Crippen LogP contribution in [0, 0.1) is 5.82 Å². The molecule has 2 aliphatic rings. The Morgan fingerprint density at radius 2 is 1.90 bits per heavy atom. The number of halogens is 1. The molecule has 0 bridgehead atoms. The van der Waals surface area contributed by atoms with Crippen LogP contribution < -0.4 is 0 Å². The van der Waals surface area contributed by atoms with Crippen molar-refractivity contribution in [2.45, 2.75) is 31.3 Å². The Balaban J connectivity index is 1.44. The summed E-state index contributed by atoms with van der Waals surface area (Å²) in [4.78, 5) is 6.86. The number of nitrogens with zero attached hydrogens (tertiary/aromatic N) is 3. The number of rotatable bonds is 3. The number of pyridine rings is 1. The van der Waals surface area contributed by atoms with E-state index in [2.05, 4.69) is 9.88 Å². The van der Waals surface area contributed by atoms with Gasteiger partial charge in [0.25, 0.3) is 0 Å². The maximum atomic E-state index is 13.5. The van der Waals surface area contributed by atoms with Crippen LogP contribution in [0.25, 0.3) is 17.2 Å². The molecule has 3 aromatic rings. The summed E-state index contributed by atoms with van der Waals surface area (Å²) in [5.74, 6) is 0.0179. The predicted molar refractivity (Wildman–Crippen MR) is 113 cm³/mol. The second-order valence-electron chi connectivity index (χ2n) is 8.07. The molecule has 6 heteroatoms. The van der Waals surface area contributed by atoms with Crippen LogP contribution >= 0.6 is 0 Å². The maximum absolute atomic E-state index is 13.5. The van der Waals surface area contributed by atoms with Crippen LogP contribution in [0.2, 0.25) is 0 Å². The molecule has 2 atom stereocenters. The molecule has 0 aliphatic carbocycles. The van der Waals surface area contributed by atoms with E-state index >= 15 is 0 Å².